The van der Waals surface area contributed by atoms with Crippen LogP contribution in [-0.2, 0) is 38.2 Å². The molecule has 0 aromatic carbocycles. The number of carbonyl (C=O) groups excluding carboxylic acids is 5. The molecule has 1 aliphatic heterocycles. The summed E-state index contributed by atoms with van der Waals surface area (Å²) in [5.41, 5.74) is -1.27. The van der Waals surface area contributed by atoms with Gasteiger partial charge in [0.2, 0.25) is 5.91 Å². The maximum atomic E-state index is 12.8. The normalized spacial score (nSPS) is 19.8. The van der Waals surface area contributed by atoms with Crippen LogP contribution in [0.2, 0.25) is 0 Å². The zero-order valence-corrected chi connectivity index (χ0v) is 22.1. The highest BCUT2D eigenvalue weighted by Gasteiger charge is 2.40. The summed E-state index contributed by atoms with van der Waals surface area (Å²) in [6.45, 7) is 3.02. The van der Waals surface area contributed by atoms with Crippen LogP contribution in [0.25, 0.3) is 0 Å². The number of hydrogen-bond acceptors (Lipinski definition) is 10. The first kappa shape index (κ1) is 31.2. The van der Waals surface area contributed by atoms with Crippen molar-refractivity contribution >= 4 is 46.8 Å². The van der Waals surface area contributed by atoms with Gasteiger partial charge in [-0.25, -0.2) is 4.79 Å². The van der Waals surface area contributed by atoms with Crippen molar-refractivity contribution in [1.29, 1.82) is 0 Å². The molecule has 0 bridgehead atoms. The molecule has 0 saturated carbocycles. The molecule has 0 radical (unpaired) electrons. The highest BCUT2D eigenvalue weighted by atomic mass is 32.2. The van der Waals surface area contributed by atoms with Gasteiger partial charge in [0.25, 0.3) is 5.91 Å². The molecular formula is C22H36N3O10S+. The quantitative estimate of drug-likeness (QED) is 0.216. The molecule has 3 N–H and O–H groups in total. The minimum Gasteiger partial charge on any atom is -0.481 e. The standard InChI is InChI=1S/C22H35N3O10S/c1-22(2,13-33-21(32)34-14(10-16(27)28)12-25(3,4)5)19-20(31)24-7-6-15(26)23-8-9-36-18(30)11-17(29)35-19/h14,19H,6-13H2,1-5H3,(H2-,23,24,26,27,28,31)/p+1/t14-,19+/m1/s1. The molecule has 36 heavy (non-hydrogen) atoms. The third-order valence-electron chi connectivity index (χ3n) is 4.80. The van der Waals surface area contributed by atoms with Crippen LogP contribution in [0.1, 0.15) is 33.1 Å². The summed E-state index contributed by atoms with van der Waals surface area (Å²) >= 11 is 0.862. The smallest absolute Gasteiger partial charge is 0.481 e. The number of aliphatic carboxylic acids is 1. The summed E-state index contributed by atoms with van der Waals surface area (Å²) in [5, 5.41) is 13.7. The van der Waals surface area contributed by atoms with Crippen LogP contribution in [0.15, 0.2) is 0 Å². The molecule has 1 heterocycles. The second-order valence-electron chi connectivity index (χ2n) is 10.00. The minimum atomic E-state index is -1.46. The predicted molar refractivity (Wildman–Crippen MR) is 128 cm³/mol. The van der Waals surface area contributed by atoms with Gasteiger partial charge in [-0.2, -0.15) is 0 Å². The van der Waals surface area contributed by atoms with Crippen LogP contribution in [0.3, 0.4) is 0 Å². The van der Waals surface area contributed by atoms with Crippen LogP contribution >= 0.6 is 11.8 Å². The summed E-state index contributed by atoms with van der Waals surface area (Å²) in [4.78, 5) is 72.4. The Morgan fingerprint density at radius 3 is 2.44 bits per heavy atom. The second kappa shape index (κ2) is 14.0. The van der Waals surface area contributed by atoms with E-state index in [1.807, 2.05) is 0 Å². The largest absolute Gasteiger partial charge is 0.508 e. The van der Waals surface area contributed by atoms with Gasteiger partial charge in [0.05, 0.1) is 27.6 Å². The maximum absolute atomic E-state index is 12.8. The average molecular weight is 535 g/mol. The van der Waals surface area contributed by atoms with Crippen molar-refractivity contribution in [2.75, 3.05) is 53.1 Å². The van der Waals surface area contributed by atoms with Crippen molar-refractivity contribution < 1.29 is 52.6 Å². The van der Waals surface area contributed by atoms with Gasteiger partial charge in [-0.15, -0.1) is 0 Å². The van der Waals surface area contributed by atoms with E-state index in [0.717, 1.165) is 11.8 Å². The fraction of sp³-hybridized carbons (Fsp3) is 0.727. The zero-order valence-electron chi connectivity index (χ0n) is 21.3. The van der Waals surface area contributed by atoms with Crippen LogP contribution in [0.5, 0.6) is 0 Å². The van der Waals surface area contributed by atoms with E-state index in [4.69, 9.17) is 19.3 Å². The molecular weight excluding hydrogens is 498 g/mol. The van der Waals surface area contributed by atoms with Crippen molar-refractivity contribution in [3.63, 3.8) is 0 Å². The molecule has 1 rings (SSSR count). The SMILES string of the molecule is CC(C)(COC(=O)O[C@H](CC(=O)O)C[N+](C)(C)C)[C@H]1OC(=O)CC(=O)SCCNC(=O)CCNC1=O. The van der Waals surface area contributed by atoms with Crippen LogP contribution < -0.4 is 10.6 Å². The van der Waals surface area contributed by atoms with Crippen LogP contribution in [0, 0.1) is 5.41 Å². The summed E-state index contributed by atoms with van der Waals surface area (Å²) in [5.74, 6) is -2.83. The number of thioether (sulfide) groups is 1. The fourth-order valence-corrected chi connectivity index (χ4v) is 3.84. The van der Waals surface area contributed by atoms with E-state index in [9.17, 15) is 28.8 Å². The number of nitrogens with one attached hydrogen (secondary N) is 2. The number of esters is 1. The lowest BCUT2D eigenvalue weighted by Gasteiger charge is -2.32. The van der Waals surface area contributed by atoms with Crippen LogP contribution in [0.4, 0.5) is 4.79 Å². The number of cyclic esters (lactones) is 1. The molecule has 1 fully saturated rings. The van der Waals surface area contributed by atoms with E-state index in [2.05, 4.69) is 10.6 Å². The number of likely N-dealkylation sites (N-methyl/N-ethyl adjacent to an activating group) is 1. The number of rotatable bonds is 8. The predicted octanol–water partition coefficient (Wildman–Crippen LogP) is -0.0869. The monoisotopic (exact) mass is 534 g/mol. The minimum absolute atomic E-state index is 0.0221. The third-order valence-corrected chi connectivity index (χ3v) is 5.68. The topological polar surface area (TPSA) is 174 Å². The van der Waals surface area contributed by atoms with Gasteiger partial charge >= 0.3 is 18.1 Å². The Kier molecular flexibility index (Phi) is 12.1. The summed E-state index contributed by atoms with van der Waals surface area (Å²) in [6, 6.07) is 0. The molecule has 0 spiro atoms. The number of quaternary nitrogens is 1. The van der Waals surface area contributed by atoms with Gasteiger partial charge < -0.3 is 34.4 Å². The molecule has 0 unspecified atom stereocenters. The van der Waals surface area contributed by atoms with Gasteiger partial charge in [0, 0.05) is 30.7 Å². The molecule has 1 aliphatic rings. The summed E-state index contributed by atoms with van der Waals surface area (Å²) < 4.78 is 16.0. The van der Waals surface area contributed by atoms with Gasteiger partial charge in [-0.05, 0) is 0 Å². The molecule has 0 aliphatic carbocycles. The number of ether oxygens (including phenoxy) is 3. The molecule has 2 atom stereocenters. The summed E-state index contributed by atoms with van der Waals surface area (Å²) in [6.07, 6.45) is -4.57. The second-order valence-corrected chi connectivity index (χ2v) is 11.1. The molecule has 0 aromatic heterocycles. The first-order chi connectivity index (χ1) is 16.6. The van der Waals surface area contributed by atoms with Gasteiger partial charge in [0.15, 0.2) is 17.3 Å². The molecule has 0 aromatic rings. The molecule has 1 saturated heterocycles. The highest BCUT2D eigenvalue weighted by molar-refractivity contribution is 8.13. The van der Waals surface area contributed by atoms with E-state index in [1.165, 1.54) is 13.8 Å². The molecule has 204 valence electrons. The third kappa shape index (κ3) is 12.7. The Hall–Kier alpha value is -2.87. The first-order valence-electron chi connectivity index (χ1n) is 11.3. The van der Waals surface area contributed by atoms with Gasteiger partial charge in [-0.3, -0.25) is 24.0 Å². The number of carbonyl (C=O) groups is 6. The van der Waals surface area contributed by atoms with Crippen molar-refractivity contribution in [3.8, 4) is 0 Å². The van der Waals surface area contributed by atoms with E-state index < -0.39 is 66.2 Å². The van der Waals surface area contributed by atoms with Crippen molar-refractivity contribution in [1.82, 2.24) is 10.6 Å². The zero-order chi connectivity index (χ0) is 27.5. The lowest BCUT2D eigenvalue weighted by molar-refractivity contribution is -0.873. The summed E-state index contributed by atoms with van der Waals surface area (Å²) in [7, 11) is 5.42. The number of amides is 2. The van der Waals surface area contributed by atoms with Gasteiger partial charge in [0.1, 0.15) is 19.6 Å². The number of carboxylic acid groups (broad SMARTS) is 1. The van der Waals surface area contributed by atoms with Gasteiger partial charge in [-0.1, -0.05) is 25.6 Å². The Morgan fingerprint density at radius 2 is 1.83 bits per heavy atom. The van der Waals surface area contributed by atoms with E-state index in [0.29, 0.717) is 4.48 Å². The molecule has 2 amide bonds. The highest BCUT2D eigenvalue weighted by Crippen LogP contribution is 2.26. The van der Waals surface area contributed by atoms with E-state index in [-0.39, 0.29) is 37.7 Å². The van der Waals surface area contributed by atoms with Crippen molar-refractivity contribution in [2.24, 2.45) is 5.41 Å². The number of hydrogen-bond donors (Lipinski definition) is 3. The van der Waals surface area contributed by atoms with Crippen molar-refractivity contribution in [3.05, 3.63) is 0 Å². The Bertz CT molecular complexity index is 840. The fourth-order valence-electron chi connectivity index (χ4n) is 3.19. The first-order valence-corrected chi connectivity index (χ1v) is 12.3. The Labute approximate surface area is 214 Å². The maximum Gasteiger partial charge on any atom is 0.508 e. The molecule has 13 nitrogen and oxygen atoms in total. The van der Waals surface area contributed by atoms with Crippen molar-refractivity contribution in [2.45, 2.75) is 45.3 Å². The Morgan fingerprint density at radius 1 is 1.17 bits per heavy atom. The van der Waals surface area contributed by atoms with Crippen LogP contribution in [-0.4, -0.2) is 110 Å². The average Bonchev–Trinajstić information content (AvgIpc) is 2.71. The lowest BCUT2D eigenvalue weighted by atomic mass is 9.86. The van der Waals surface area contributed by atoms with E-state index in [1.54, 1.807) is 21.1 Å². The molecule has 14 heteroatoms. The van der Waals surface area contributed by atoms with E-state index >= 15 is 0 Å². The number of carboxylic acids is 1. The number of nitrogens with zero attached hydrogens (tertiary/aromatic N) is 1. The Balaban J connectivity index is 2.91. The lowest BCUT2D eigenvalue weighted by Crippen LogP contribution is -2.49.